The summed E-state index contributed by atoms with van der Waals surface area (Å²) in [4.78, 5) is 1.91. The van der Waals surface area contributed by atoms with E-state index in [1.54, 1.807) is 0 Å². The number of hydrogen-bond donors (Lipinski definition) is 1. The molecule has 1 aliphatic rings. The molecular formula is C15H21Cl3F4N2. The van der Waals surface area contributed by atoms with Gasteiger partial charge in [-0.15, -0.1) is 24.8 Å². The van der Waals surface area contributed by atoms with Gasteiger partial charge in [0.25, 0.3) is 0 Å². The average Bonchev–Trinajstić information content (AvgIpc) is 2.47. The minimum atomic E-state index is -4.60. The van der Waals surface area contributed by atoms with Crippen LogP contribution in [0, 0.1) is 5.82 Å². The van der Waals surface area contributed by atoms with Gasteiger partial charge < -0.3 is 5.32 Å². The fraction of sp³-hybridized carbons (Fsp3) is 0.600. The van der Waals surface area contributed by atoms with Crippen molar-refractivity contribution in [3.63, 3.8) is 0 Å². The quantitative estimate of drug-likeness (QED) is 0.695. The summed E-state index contributed by atoms with van der Waals surface area (Å²) >= 11 is 5.75. The van der Waals surface area contributed by atoms with Crippen molar-refractivity contribution in [2.75, 3.05) is 26.2 Å². The maximum atomic E-state index is 14.4. The second-order valence-corrected chi connectivity index (χ2v) is 5.82. The summed E-state index contributed by atoms with van der Waals surface area (Å²) in [6.07, 6.45) is -3.47. The minimum absolute atomic E-state index is 0. The Hall–Kier alpha value is -0.270. The molecule has 1 aliphatic heterocycles. The van der Waals surface area contributed by atoms with Crippen LogP contribution in [0.4, 0.5) is 17.6 Å². The van der Waals surface area contributed by atoms with Crippen molar-refractivity contribution in [2.24, 2.45) is 0 Å². The molecule has 0 aromatic heterocycles. The zero-order chi connectivity index (χ0) is 16.3. The van der Waals surface area contributed by atoms with E-state index < -0.39 is 23.6 Å². The molecule has 0 saturated carbocycles. The van der Waals surface area contributed by atoms with Crippen LogP contribution >= 0.6 is 36.4 Å². The SMILES string of the molecule is CCC[C@H](c1c(C(F)(F)F)ccc(Cl)c1F)N1CCNCC1.Cl.Cl. The molecule has 0 radical (unpaired) electrons. The summed E-state index contributed by atoms with van der Waals surface area (Å²) in [7, 11) is 0. The maximum Gasteiger partial charge on any atom is 0.416 e. The molecule has 1 fully saturated rings. The molecule has 1 saturated heterocycles. The van der Waals surface area contributed by atoms with E-state index in [0.717, 1.165) is 12.1 Å². The van der Waals surface area contributed by atoms with E-state index in [1.165, 1.54) is 0 Å². The molecule has 0 bridgehead atoms. The highest BCUT2D eigenvalue weighted by atomic mass is 35.5. The van der Waals surface area contributed by atoms with E-state index in [-0.39, 0.29) is 35.4 Å². The molecule has 0 aliphatic carbocycles. The zero-order valence-corrected chi connectivity index (χ0v) is 15.5. The molecule has 1 aromatic rings. The Morgan fingerprint density at radius 1 is 1.21 bits per heavy atom. The van der Waals surface area contributed by atoms with Gasteiger partial charge in [0, 0.05) is 37.8 Å². The third kappa shape index (κ3) is 5.36. The maximum absolute atomic E-state index is 14.4. The van der Waals surface area contributed by atoms with Gasteiger partial charge in [0.15, 0.2) is 0 Å². The van der Waals surface area contributed by atoms with Crippen LogP contribution in [0.1, 0.15) is 36.9 Å². The van der Waals surface area contributed by atoms with Crippen molar-refractivity contribution in [1.82, 2.24) is 10.2 Å². The molecule has 24 heavy (non-hydrogen) atoms. The van der Waals surface area contributed by atoms with Gasteiger partial charge in [0.2, 0.25) is 0 Å². The lowest BCUT2D eigenvalue weighted by molar-refractivity contribution is -0.139. The second-order valence-electron chi connectivity index (χ2n) is 5.41. The number of nitrogens with zero attached hydrogens (tertiary/aromatic N) is 1. The van der Waals surface area contributed by atoms with Crippen LogP contribution in [0.3, 0.4) is 0 Å². The van der Waals surface area contributed by atoms with Crippen LogP contribution in [0.25, 0.3) is 0 Å². The molecule has 2 rings (SSSR count). The normalized spacial score (nSPS) is 16.9. The predicted molar refractivity (Wildman–Crippen MR) is 93.0 cm³/mol. The van der Waals surface area contributed by atoms with Crippen LogP contribution in [0.15, 0.2) is 12.1 Å². The van der Waals surface area contributed by atoms with Gasteiger partial charge >= 0.3 is 6.18 Å². The molecule has 0 amide bonds. The van der Waals surface area contributed by atoms with Gasteiger partial charge in [-0.25, -0.2) is 4.39 Å². The van der Waals surface area contributed by atoms with Crippen molar-refractivity contribution in [2.45, 2.75) is 32.0 Å². The smallest absolute Gasteiger partial charge is 0.314 e. The highest BCUT2D eigenvalue weighted by Crippen LogP contribution is 2.41. The summed E-state index contributed by atoms with van der Waals surface area (Å²) in [5.41, 5.74) is -1.24. The average molecular weight is 412 g/mol. The Labute approximate surface area is 156 Å². The highest BCUT2D eigenvalue weighted by Gasteiger charge is 2.39. The van der Waals surface area contributed by atoms with Crippen LogP contribution in [0.5, 0.6) is 0 Å². The Morgan fingerprint density at radius 2 is 1.79 bits per heavy atom. The molecule has 0 spiro atoms. The van der Waals surface area contributed by atoms with E-state index in [4.69, 9.17) is 11.6 Å². The van der Waals surface area contributed by atoms with Gasteiger partial charge in [-0.05, 0) is 18.6 Å². The number of hydrogen-bond acceptors (Lipinski definition) is 2. The second kappa shape index (κ2) is 10.0. The van der Waals surface area contributed by atoms with Crippen molar-refractivity contribution < 1.29 is 17.6 Å². The Morgan fingerprint density at radius 3 is 2.29 bits per heavy atom. The third-order valence-corrected chi connectivity index (χ3v) is 4.22. The van der Waals surface area contributed by atoms with Crippen LogP contribution in [0.2, 0.25) is 5.02 Å². The first-order valence-electron chi connectivity index (χ1n) is 7.36. The number of alkyl halides is 3. The number of nitrogens with one attached hydrogen (secondary N) is 1. The molecule has 0 unspecified atom stereocenters. The lowest BCUT2D eigenvalue weighted by atomic mass is 9.94. The van der Waals surface area contributed by atoms with Crippen molar-refractivity contribution in [1.29, 1.82) is 0 Å². The third-order valence-electron chi connectivity index (χ3n) is 3.93. The number of piperazine rings is 1. The first-order valence-corrected chi connectivity index (χ1v) is 7.74. The Balaban J connectivity index is 0.00000264. The summed E-state index contributed by atoms with van der Waals surface area (Å²) < 4.78 is 54.3. The van der Waals surface area contributed by atoms with E-state index in [2.05, 4.69) is 5.32 Å². The summed E-state index contributed by atoms with van der Waals surface area (Å²) in [5, 5.41) is 2.89. The summed E-state index contributed by atoms with van der Waals surface area (Å²) in [6, 6.07) is 1.25. The number of halogens is 7. The van der Waals surface area contributed by atoms with Crippen LogP contribution < -0.4 is 5.32 Å². The molecule has 1 aromatic carbocycles. The monoisotopic (exact) mass is 410 g/mol. The highest BCUT2D eigenvalue weighted by molar-refractivity contribution is 6.30. The van der Waals surface area contributed by atoms with E-state index in [9.17, 15) is 17.6 Å². The van der Waals surface area contributed by atoms with E-state index >= 15 is 0 Å². The van der Waals surface area contributed by atoms with Crippen LogP contribution in [-0.4, -0.2) is 31.1 Å². The molecule has 1 heterocycles. The summed E-state index contributed by atoms with van der Waals surface area (Å²) in [6.45, 7) is 4.43. The summed E-state index contributed by atoms with van der Waals surface area (Å²) in [5.74, 6) is -0.950. The largest absolute Gasteiger partial charge is 0.416 e. The molecule has 1 atom stereocenters. The molecule has 2 nitrogen and oxygen atoms in total. The number of rotatable bonds is 4. The molecule has 9 heteroatoms. The Kier molecular flexibility index (Phi) is 9.91. The van der Waals surface area contributed by atoms with E-state index in [0.29, 0.717) is 39.0 Å². The molecular weight excluding hydrogens is 391 g/mol. The van der Waals surface area contributed by atoms with Crippen molar-refractivity contribution in [3.8, 4) is 0 Å². The zero-order valence-electron chi connectivity index (χ0n) is 13.1. The topological polar surface area (TPSA) is 15.3 Å². The van der Waals surface area contributed by atoms with Gasteiger partial charge in [0.1, 0.15) is 5.82 Å². The fourth-order valence-corrected chi connectivity index (χ4v) is 3.08. The van der Waals surface area contributed by atoms with Gasteiger partial charge in [-0.1, -0.05) is 24.9 Å². The lowest BCUT2D eigenvalue weighted by Gasteiger charge is -2.36. The van der Waals surface area contributed by atoms with Gasteiger partial charge in [-0.3, -0.25) is 4.90 Å². The van der Waals surface area contributed by atoms with Crippen LogP contribution in [-0.2, 0) is 6.18 Å². The minimum Gasteiger partial charge on any atom is -0.314 e. The number of benzene rings is 1. The first kappa shape index (κ1) is 23.7. The molecule has 1 N–H and O–H groups in total. The lowest BCUT2D eigenvalue weighted by Crippen LogP contribution is -2.45. The van der Waals surface area contributed by atoms with Gasteiger partial charge in [-0.2, -0.15) is 13.2 Å². The van der Waals surface area contributed by atoms with Gasteiger partial charge in [0.05, 0.1) is 10.6 Å². The fourth-order valence-electron chi connectivity index (χ4n) is 2.92. The Bertz CT molecular complexity index is 520. The van der Waals surface area contributed by atoms with Crippen molar-refractivity contribution >= 4 is 36.4 Å². The predicted octanol–water partition coefficient (Wildman–Crippen LogP) is 5.09. The van der Waals surface area contributed by atoms with Crippen molar-refractivity contribution in [3.05, 3.63) is 34.1 Å². The standard InChI is InChI=1S/C15H19ClF4N2.2ClH/c1-2-3-12(22-8-6-21-7-9-22)13-10(15(18,19)20)4-5-11(16)14(13)17;;/h4-5,12,21H,2-3,6-9H2,1H3;2*1H/t12-;;/m1../s1. The first-order chi connectivity index (χ1) is 10.4. The molecule has 140 valence electrons. The van der Waals surface area contributed by atoms with E-state index in [1.807, 2.05) is 11.8 Å².